The Morgan fingerprint density at radius 1 is 1.43 bits per heavy atom. The second-order valence-corrected chi connectivity index (χ2v) is 5.25. The number of benzene rings is 1. The van der Waals surface area contributed by atoms with Crippen LogP contribution in [0.1, 0.15) is 22.5 Å². The number of carboxylic acids is 1. The summed E-state index contributed by atoms with van der Waals surface area (Å²) in [5.41, 5.74) is 0.639. The molecule has 1 N–H and O–H groups in total. The number of amides is 1. The van der Waals surface area contributed by atoms with E-state index in [-0.39, 0.29) is 23.8 Å². The first kappa shape index (κ1) is 13.6. The molecule has 2 aromatic rings. The van der Waals surface area contributed by atoms with Crippen molar-refractivity contribution in [1.82, 2.24) is 4.90 Å². The minimum Gasteiger partial charge on any atom is -0.481 e. The topological polar surface area (TPSA) is 70.8 Å². The molecule has 21 heavy (non-hydrogen) atoms. The number of carbonyl (C=O) groups is 2. The Balaban J connectivity index is 1.94. The maximum absolute atomic E-state index is 13.7. The zero-order valence-corrected chi connectivity index (χ0v) is 11.4. The first-order chi connectivity index (χ1) is 9.99. The highest BCUT2D eigenvalue weighted by Gasteiger charge is 2.33. The predicted molar refractivity (Wildman–Crippen MR) is 72.6 cm³/mol. The minimum atomic E-state index is -0.905. The van der Waals surface area contributed by atoms with Gasteiger partial charge in [0.2, 0.25) is 0 Å². The Bertz CT molecular complexity index is 737. The lowest BCUT2D eigenvalue weighted by Crippen LogP contribution is -2.30. The van der Waals surface area contributed by atoms with Crippen LogP contribution in [-0.4, -0.2) is 35.0 Å². The van der Waals surface area contributed by atoms with Gasteiger partial charge >= 0.3 is 5.97 Å². The van der Waals surface area contributed by atoms with E-state index in [1.807, 2.05) is 0 Å². The number of fused-ring (bicyclic) bond motifs is 1. The first-order valence-electron chi connectivity index (χ1n) is 6.68. The van der Waals surface area contributed by atoms with E-state index in [4.69, 9.17) is 9.52 Å². The number of para-hydroxylation sites is 1. The molecule has 0 aliphatic carbocycles. The predicted octanol–water partition coefficient (Wildman–Crippen LogP) is 2.43. The molecule has 2 heterocycles. The molecule has 0 radical (unpaired) electrons. The number of aliphatic carboxylic acids is 1. The number of aryl methyl sites for hydroxylation is 1. The van der Waals surface area contributed by atoms with Crippen LogP contribution >= 0.6 is 0 Å². The molecule has 1 atom stereocenters. The Labute approximate surface area is 119 Å². The van der Waals surface area contributed by atoms with Crippen molar-refractivity contribution in [3.8, 4) is 0 Å². The van der Waals surface area contributed by atoms with Crippen molar-refractivity contribution < 1.29 is 23.5 Å². The minimum absolute atomic E-state index is 0.0623. The number of likely N-dealkylation sites (tertiary alicyclic amines) is 1. The smallest absolute Gasteiger partial charge is 0.308 e. The summed E-state index contributed by atoms with van der Waals surface area (Å²) in [6.45, 7) is 2.23. The zero-order valence-electron chi connectivity index (χ0n) is 11.4. The second-order valence-electron chi connectivity index (χ2n) is 5.25. The summed E-state index contributed by atoms with van der Waals surface area (Å²) in [6, 6.07) is 4.53. The SMILES string of the molecule is Cc1c(C(=O)N2CCC(C(=O)O)C2)oc2c(F)cccc12. The Morgan fingerprint density at radius 2 is 2.19 bits per heavy atom. The molecule has 0 bridgehead atoms. The average molecular weight is 291 g/mol. The molecule has 1 aliphatic heterocycles. The fourth-order valence-electron chi connectivity index (χ4n) is 2.70. The average Bonchev–Trinajstić information content (AvgIpc) is 3.05. The van der Waals surface area contributed by atoms with Gasteiger partial charge in [0.15, 0.2) is 17.2 Å². The van der Waals surface area contributed by atoms with Crippen LogP contribution in [0, 0.1) is 18.7 Å². The lowest BCUT2D eigenvalue weighted by atomic mass is 10.1. The molecule has 1 saturated heterocycles. The number of halogens is 1. The molecule has 110 valence electrons. The van der Waals surface area contributed by atoms with Crippen LogP contribution in [0.2, 0.25) is 0 Å². The normalized spacial score (nSPS) is 18.4. The van der Waals surface area contributed by atoms with Crippen molar-refractivity contribution in [2.75, 3.05) is 13.1 Å². The van der Waals surface area contributed by atoms with Gasteiger partial charge < -0.3 is 14.4 Å². The molecule has 1 aromatic heterocycles. The highest BCUT2D eigenvalue weighted by atomic mass is 19.1. The molecular formula is C15H14FNO4. The number of hydrogen-bond donors (Lipinski definition) is 1. The summed E-state index contributed by atoms with van der Waals surface area (Å²) in [6.07, 6.45) is 0.425. The monoisotopic (exact) mass is 291 g/mol. The van der Waals surface area contributed by atoms with E-state index in [1.54, 1.807) is 19.1 Å². The van der Waals surface area contributed by atoms with Gasteiger partial charge in [0.05, 0.1) is 5.92 Å². The van der Waals surface area contributed by atoms with Crippen LogP contribution in [0.15, 0.2) is 22.6 Å². The molecule has 1 amide bonds. The lowest BCUT2D eigenvalue weighted by molar-refractivity contribution is -0.141. The molecule has 0 spiro atoms. The van der Waals surface area contributed by atoms with Gasteiger partial charge in [-0.15, -0.1) is 0 Å². The summed E-state index contributed by atoms with van der Waals surface area (Å²) in [4.78, 5) is 24.8. The first-order valence-corrected chi connectivity index (χ1v) is 6.68. The number of carbonyl (C=O) groups excluding carboxylic acids is 1. The zero-order chi connectivity index (χ0) is 15.1. The van der Waals surface area contributed by atoms with Crippen LogP contribution in [0.25, 0.3) is 11.0 Å². The van der Waals surface area contributed by atoms with Gasteiger partial charge in [-0.1, -0.05) is 12.1 Å². The number of rotatable bonds is 2. The summed E-state index contributed by atoms with van der Waals surface area (Å²) in [5, 5.41) is 9.54. The van der Waals surface area contributed by atoms with E-state index >= 15 is 0 Å². The summed E-state index contributed by atoms with van der Waals surface area (Å²) >= 11 is 0. The van der Waals surface area contributed by atoms with Gasteiger partial charge in [0.1, 0.15) is 0 Å². The van der Waals surface area contributed by atoms with Crippen LogP contribution in [0.3, 0.4) is 0 Å². The van der Waals surface area contributed by atoms with Gasteiger partial charge in [-0.05, 0) is 19.4 Å². The standard InChI is InChI=1S/C15H14FNO4/c1-8-10-3-2-4-11(16)13(10)21-12(8)14(18)17-6-5-9(7-17)15(19)20/h2-4,9H,5-7H2,1H3,(H,19,20). The molecule has 1 aromatic carbocycles. The van der Waals surface area contributed by atoms with Gasteiger partial charge in [-0.3, -0.25) is 9.59 Å². The third kappa shape index (κ3) is 2.16. The van der Waals surface area contributed by atoms with E-state index in [0.29, 0.717) is 23.9 Å². The van der Waals surface area contributed by atoms with E-state index in [9.17, 15) is 14.0 Å². The van der Waals surface area contributed by atoms with Crippen molar-refractivity contribution in [3.63, 3.8) is 0 Å². The van der Waals surface area contributed by atoms with E-state index < -0.39 is 17.7 Å². The molecule has 6 heteroatoms. The summed E-state index contributed by atoms with van der Waals surface area (Å²) in [7, 11) is 0. The van der Waals surface area contributed by atoms with Crippen molar-refractivity contribution in [2.45, 2.75) is 13.3 Å². The molecule has 3 rings (SSSR count). The fourth-order valence-corrected chi connectivity index (χ4v) is 2.70. The van der Waals surface area contributed by atoms with Crippen molar-refractivity contribution >= 4 is 22.8 Å². The van der Waals surface area contributed by atoms with Gasteiger partial charge in [-0.2, -0.15) is 0 Å². The van der Waals surface area contributed by atoms with Crippen molar-refractivity contribution in [3.05, 3.63) is 35.3 Å². The van der Waals surface area contributed by atoms with Gasteiger partial charge in [-0.25, -0.2) is 4.39 Å². The Morgan fingerprint density at radius 3 is 2.81 bits per heavy atom. The number of carboxylic acid groups (broad SMARTS) is 1. The number of hydrogen-bond acceptors (Lipinski definition) is 3. The van der Waals surface area contributed by atoms with Crippen molar-refractivity contribution in [2.24, 2.45) is 5.92 Å². The van der Waals surface area contributed by atoms with Crippen LogP contribution < -0.4 is 0 Å². The van der Waals surface area contributed by atoms with Crippen LogP contribution in [0.4, 0.5) is 4.39 Å². The third-order valence-electron chi connectivity index (χ3n) is 3.93. The van der Waals surface area contributed by atoms with Crippen LogP contribution in [-0.2, 0) is 4.79 Å². The largest absolute Gasteiger partial charge is 0.481 e. The third-order valence-corrected chi connectivity index (χ3v) is 3.93. The highest BCUT2D eigenvalue weighted by Crippen LogP contribution is 2.29. The van der Waals surface area contributed by atoms with Gasteiger partial charge in [0, 0.05) is 24.0 Å². The molecule has 5 nitrogen and oxygen atoms in total. The molecule has 1 unspecified atom stereocenters. The maximum Gasteiger partial charge on any atom is 0.308 e. The number of furan rings is 1. The highest BCUT2D eigenvalue weighted by molar-refractivity contribution is 5.99. The Kier molecular flexibility index (Phi) is 3.16. The molecule has 0 saturated carbocycles. The summed E-state index contributed by atoms with van der Waals surface area (Å²) in [5.74, 6) is -2.26. The molecule has 1 fully saturated rings. The molecule has 1 aliphatic rings. The van der Waals surface area contributed by atoms with E-state index in [0.717, 1.165) is 0 Å². The maximum atomic E-state index is 13.7. The molecular weight excluding hydrogens is 277 g/mol. The summed E-state index contributed by atoms with van der Waals surface area (Å²) < 4.78 is 19.1. The van der Waals surface area contributed by atoms with Gasteiger partial charge in [0.25, 0.3) is 5.91 Å². The van der Waals surface area contributed by atoms with Crippen molar-refractivity contribution in [1.29, 1.82) is 0 Å². The van der Waals surface area contributed by atoms with E-state index in [2.05, 4.69) is 0 Å². The Hall–Kier alpha value is -2.37. The quantitative estimate of drug-likeness (QED) is 0.922. The fraction of sp³-hybridized carbons (Fsp3) is 0.333. The lowest BCUT2D eigenvalue weighted by Gasteiger charge is -2.14. The van der Waals surface area contributed by atoms with Crippen LogP contribution in [0.5, 0.6) is 0 Å². The number of nitrogens with zero attached hydrogens (tertiary/aromatic N) is 1. The van der Waals surface area contributed by atoms with E-state index in [1.165, 1.54) is 11.0 Å². The second kappa shape index (κ2) is 4.87.